The number of carbonyl (C=O) groups is 1. The predicted molar refractivity (Wildman–Crippen MR) is 89.0 cm³/mol. The highest BCUT2D eigenvalue weighted by Crippen LogP contribution is 2.14. The molecule has 0 saturated heterocycles. The van der Waals surface area contributed by atoms with Gasteiger partial charge in [0.15, 0.2) is 0 Å². The summed E-state index contributed by atoms with van der Waals surface area (Å²) in [5, 5.41) is 4.46. The van der Waals surface area contributed by atoms with Crippen LogP contribution < -0.4 is 5.32 Å². The lowest BCUT2D eigenvalue weighted by molar-refractivity contribution is 0.0959. The monoisotopic (exact) mass is 308 g/mol. The van der Waals surface area contributed by atoms with E-state index in [1.807, 2.05) is 42.6 Å². The zero-order valence-corrected chi connectivity index (χ0v) is 12.4. The second kappa shape index (κ2) is 6.38. The van der Waals surface area contributed by atoms with Gasteiger partial charge in [-0.15, -0.1) is 0 Å². The van der Waals surface area contributed by atoms with Gasteiger partial charge in [-0.25, -0.2) is 0 Å². The Bertz CT molecular complexity index is 886. The molecule has 1 amide bonds. The van der Waals surface area contributed by atoms with Crippen LogP contribution in [0.3, 0.4) is 0 Å². The van der Waals surface area contributed by atoms with Crippen LogP contribution in [0.15, 0.2) is 54.7 Å². The Morgan fingerprint density at radius 3 is 2.91 bits per heavy atom. The van der Waals surface area contributed by atoms with Gasteiger partial charge in [0.2, 0.25) is 0 Å². The van der Waals surface area contributed by atoms with E-state index in [1.165, 1.54) is 0 Å². The summed E-state index contributed by atoms with van der Waals surface area (Å²) >= 11 is 6.01. The molecule has 22 heavy (non-hydrogen) atoms. The Morgan fingerprint density at radius 1 is 1.18 bits per heavy atom. The highest BCUT2D eigenvalue weighted by Gasteiger charge is 2.05. The Hall–Kier alpha value is -2.70. The minimum Gasteiger partial charge on any atom is -0.361 e. The number of carbonyl (C=O) groups excluding carboxylic acids is 1. The number of aromatic amines is 1. The van der Waals surface area contributed by atoms with Crippen LogP contribution in [0.1, 0.15) is 15.9 Å². The van der Waals surface area contributed by atoms with Gasteiger partial charge in [0, 0.05) is 22.8 Å². The third kappa shape index (κ3) is 3.13. The van der Waals surface area contributed by atoms with Crippen molar-refractivity contribution in [3.05, 3.63) is 70.9 Å². The van der Waals surface area contributed by atoms with E-state index in [1.54, 1.807) is 12.1 Å². The largest absolute Gasteiger partial charge is 0.361 e. The first-order valence-electron chi connectivity index (χ1n) is 6.83. The molecule has 0 atom stereocenters. The molecule has 0 fully saturated rings. The fourth-order valence-electron chi connectivity index (χ4n) is 2.12. The molecule has 3 nitrogen and oxygen atoms in total. The van der Waals surface area contributed by atoms with Crippen LogP contribution in [-0.2, 0) is 0 Å². The molecule has 2 N–H and O–H groups in total. The Morgan fingerprint density at radius 2 is 2.05 bits per heavy atom. The van der Waals surface area contributed by atoms with Crippen LogP contribution in [0.5, 0.6) is 0 Å². The predicted octanol–water partition coefficient (Wildman–Crippen LogP) is 3.60. The molecule has 0 bridgehead atoms. The van der Waals surface area contributed by atoms with E-state index >= 15 is 0 Å². The summed E-state index contributed by atoms with van der Waals surface area (Å²) in [4.78, 5) is 15.2. The minimum atomic E-state index is -0.148. The summed E-state index contributed by atoms with van der Waals surface area (Å²) in [5.41, 5.74) is 2.30. The fraction of sp³-hybridized carbons (Fsp3) is 0.0556. The van der Waals surface area contributed by atoms with Gasteiger partial charge in [-0.05, 0) is 35.7 Å². The maximum absolute atomic E-state index is 12.1. The van der Waals surface area contributed by atoms with Crippen LogP contribution in [0.4, 0.5) is 0 Å². The van der Waals surface area contributed by atoms with Crippen molar-refractivity contribution in [1.82, 2.24) is 10.3 Å². The smallest absolute Gasteiger partial charge is 0.252 e. The molecule has 0 spiro atoms. The lowest BCUT2D eigenvalue weighted by Gasteiger charge is -2.01. The molecule has 0 radical (unpaired) electrons. The number of rotatable bonds is 2. The average molecular weight is 309 g/mol. The summed E-state index contributed by atoms with van der Waals surface area (Å²) in [6.07, 6.45) is 1.85. The molecule has 2 aromatic carbocycles. The van der Waals surface area contributed by atoms with Gasteiger partial charge in [0.05, 0.1) is 11.6 Å². The van der Waals surface area contributed by atoms with Crippen molar-refractivity contribution in [2.24, 2.45) is 0 Å². The number of hydrogen-bond acceptors (Lipinski definition) is 1. The first-order chi connectivity index (χ1) is 10.7. The van der Waals surface area contributed by atoms with Crippen molar-refractivity contribution in [1.29, 1.82) is 0 Å². The lowest BCUT2D eigenvalue weighted by atomic mass is 10.1. The third-order valence-electron chi connectivity index (χ3n) is 3.25. The van der Waals surface area contributed by atoms with Gasteiger partial charge in [-0.1, -0.05) is 41.6 Å². The van der Waals surface area contributed by atoms with Crippen LogP contribution >= 0.6 is 11.6 Å². The third-order valence-corrected chi connectivity index (χ3v) is 3.58. The van der Waals surface area contributed by atoms with Crippen molar-refractivity contribution in [2.75, 3.05) is 6.54 Å². The molecule has 3 rings (SSSR count). The van der Waals surface area contributed by atoms with Gasteiger partial charge in [0.25, 0.3) is 5.91 Å². The van der Waals surface area contributed by atoms with Gasteiger partial charge < -0.3 is 10.3 Å². The van der Waals surface area contributed by atoms with Crippen molar-refractivity contribution >= 4 is 28.4 Å². The highest BCUT2D eigenvalue weighted by molar-refractivity contribution is 6.31. The van der Waals surface area contributed by atoms with E-state index < -0.39 is 0 Å². The Balaban J connectivity index is 1.64. The second-order valence-electron chi connectivity index (χ2n) is 4.74. The Kier molecular flexibility index (Phi) is 4.13. The van der Waals surface area contributed by atoms with Crippen molar-refractivity contribution in [3.8, 4) is 11.8 Å². The molecule has 4 heteroatoms. The summed E-state index contributed by atoms with van der Waals surface area (Å²) in [5.74, 6) is 5.70. The fourth-order valence-corrected chi connectivity index (χ4v) is 2.30. The van der Waals surface area contributed by atoms with Crippen molar-refractivity contribution in [2.45, 2.75) is 0 Å². The zero-order chi connectivity index (χ0) is 15.4. The molecule has 1 aromatic heterocycles. The normalized spacial score (nSPS) is 10.0. The standard InChI is InChI=1S/C18H13ClN2O/c19-16-6-2-1-4-13(16)5-3-10-21-18(22)15-8-7-14-9-11-20-17(14)12-15/h1-2,4,6-9,11-12,20H,10H2,(H,21,22). The number of halogens is 1. The zero-order valence-electron chi connectivity index (χ0n) is 11.7. The number of benzene rings is 2. The van der Waals surface area contributed by atoms with Crippen molar-refractivity contribution < 1.29 is 4.79 Å². The van der Waals surface area contributed by atoms with Crippen LogP contribution in [0.2, 0.25) is 5.02 Å². The van der Waals surface area contributed by atoms with E-state index in [4.69, 9.17) is 11.6 Å². The SMILES string of the molecule is O=C(NCC#Cc1ccccc1Cl)c1ccc2cc[nH]c2c1. The number of nitrogens with one attached hydrogen (secondary N) is 2. The molecule has 1 heterocycles. The molecule has 0 saturated carbocycles. The molecule has 0 aliphatic carbocycles. The van der Waals surface area contributed by atoms with Gasteiger partial charge in [0.1, 0.15) is 0 Å². The summed E-state index contributed by atoms with van der Waals surface area (Å²) in [6.45, 7) is 0.271. The van der Waals surface area contributed by atoms with Crippen molar-refractivity contribution in [3.63, 3.8) is 0 Å². The van der Waals surface area contributed by atoms with Gasteiger partial charge in [-0.3, -0.25) is 4.79 Å². The molecule has 0 unspecified atom stereocenters. The average Bonchev–Trinajstić information content (AvgIpc) is 3.00. The highest BCUT2D eigenvalue weighted by atomic mass is 35.5. The molecular weight excluding hydrogens is 296 g/mol. The minimum absolute atomic E-state index is 0.148. The first kappa shape index (κ1) is 14.2. The topological polar surface area (TPSA) is 44.9 Å². The van der Waals surface area contributed by atoms with E-state index in [-0.39, 0.29) is 12.5 Å². The molecular formula is C18H13ClN2O. The van der Waals surface area contributed by atoms with E-state index in [9.17, 15) is 4.79 Å². The van der Waals surface area contributed by atoms with E-state index in [0.717, 1.165) is 16.5 Å². The number of fused-ring (bicyclic) bond motifs is 1. The summed E-state index contributed by atoms with van der Waals surface area (Å²) in [6, 6.07) is 14.9. The summed E-state index contributed by atoms with van der Waals surface area (Å²) < 4.78 is 0. The maximum atomic E-state index is 12.1. The number of hydrogen-bond donors (Lipinski definition) is 2. The molecule has 108 valence electrons. The maximum Gasteiger partial charge on any atom is 0.252 e. The van der Waals surface area contributed by atoms with Crippen LogP contribution in [0, 0.1) is 11.8 Å². The Labute approximate surface area is 133 Å². The second-order valence-corrected chi connectivity index (χ2v) is 5.15. The van der Waals surface area contributed by atoms with Gasteiger partial charge >= 0.3 is 0 Å². The molecule has 3 aromatic rings. The van der Waals surface area contributed by atoms with E-state index in [0.29, 0.717) is 10.6 Å². The molecule has 0 aliphatic rings. The van der Waals surface area contributed by atoms with Crippen LogP contribution in [0.25, 0.3) is 10.9 Å². The summed E-state index contributed by atoms with van der Waals surface area (Å²) in [7, 11) is 0. The van der Waals surface area contributed by atoms with Crippen LogP contribution in [-0.4, -0.2) is 17.4 Å². The molecule has 0 aliphatic heterocycles. The lowest BCUT2D eigenvalue weighted by Crippen LogP contribution is -2.23. The quantitative estimate of drug-likeness (QED) is 0.698. The number of aromatic nitrogens is 1. The van der Waals surface area contributed by atoms with E-state index in [2.05, 4.69) is 22.1 Å². The number of H-pyrrole nitrogens is 1. The number of amides is 1. The van der Waals surface area contributed by atoms with Gasteiger partial charge in [-0.2, -0.15) is 0 Å². The first-order valence-corrected chi connectivity index (χ1v) is 7.20.